The zero-order valence-corrected chi connectivity index (χ0v) is 14.6. The Morgan fingerprint density at radius 2 is 1.93 bits per heavy atom. The highest BCUT2D eigenvalue weighted by atomic mass is 16.1. The number of amides is 1. The molecule has 0 fully saturated rings. The zero-order valence-electron chi connectivity index (χ0n) is 14.6. The second-order valence-corrected chi connectivity index (χ2v) is 6.49. The molecule has 0 spiro atoms. The standard InChI is InChI=1S/C22H13N5O/c23-11-13-4-3-5-14(10-13)20-16-8-9-27-21(16)19(17(12-25-27)22(24)28)15-6-1-2-7-18(15)26-20/h1-10,12H,(H2,24,28). The molecule has 3 heterocycles. The summed E-state index contributed by atoms with van der Waals surface area (Å²) in [5.41, 5.74) is 11.9. The fourth-order valence-corrected chi connectivity index (χ4v) is 3.65. The van der Waals surface area contributed by atoms with Gasteiger partial charge in [-0.3, -0.25) is 4.79 Å². The molecule has 0 atom stereocenters. The molecular weight excluding hydrogens is 350 g/mol. The normalized spacial score (nSPS) is 12.0. The molecule has 1 amide bonds. The molecule has 28 heavy (non-hydrogen) atoms. The highest BCUT2D eigenvalue weighted by molar-refractivity contribution is 6.22. The summed E-state index contributed by atoms with van der Waals surface area (Å²) in [4.78, 5) is 17.0. The van der Waals surface area contributed by atoms with Crippen molar-refractivity contribution in [1.82, 2.24) is 9.61 Å². The Morgan fingerprint density at radius 1 is 1.07 bits per heavy atom. The van der Waals surface area contributed by atoms with Crippen LogP contribution in [0.4, 0.5) is 5.69 Å². The topological polar surface area (TPSA) is 96.5 Å². The maximum absolute atomic E-state index is 12.1. The number of carbonyl (C=O) groups is 1. The van der Waals surface area contributed by atoms with Gasteiger partial charge in [0, 0.05) is 28.5 Å². The minimum Gasteiger partial charge on any atom is -0.366 e. The lowest BCUT2D eigenvalue weighted by molar-refractivity contribution is 0.100. The van der Waals surface area contributed by atoms with Crippen LogP contribution in [0.25, 0.3) is 16.6 Å². The van der Waals surface area contributed by atoms with Crippen LogP contribution in [0.1, 0.15) is 27.0 Å². The van der Waals surface area contributed by atoms with Gasteiger partial charge in [-0.25, -0.2) is 9.51 Å². The summed E-state index contributed by atoms with van der Waals surface area (Å²) in [5, 5.41) is 13.6. The molecule has 0 saturated heterocycles. The average Bonchev–Trinajstić information content (AvgIpc) is 3.09. The molecule has 6 heteroatoms. The van der Waals surface area contributed by atoms with E-state index in [2.05, 4.69) is 11.2 Å². The van der Waals surface area contributed by atoms with Gasteiger partial charge in [0.2, 0.25) is 0 Å². The Kier molecular flexibility index (Phi) is 3.36. The van der Waals surface area contributed by atoms with Gasteiger partial charge in [-0.15, -0.1) is 0 Å². The predicted octanol–water partition coefficient (Wildman–Crippen LogP) is 3.45. The number of hydrogen-bond acceptors (Lipinski definition) is 4. The minimum absolute atomic E-state index is 0.349. The number of rotatable bonds is 2. The maximum atomic E-state index is 12.1. The van der Waals surface area contributed by atoms with Gasteiger partial charge in [0.15, 0.2) is 0 Å². The summed E-state index contributed by atoms with van der Waals surface area (Å²) in [6.45, 7) is 0. The van der Waals surface area contributed by atoms with Gasteiger partial charge in [-0.05, 0) is 24.3 Å². The summed E-state index contributed by atoms with van der Waals surface area (Å²) in [6.07, 6.45) is 3.32. The number of nitrogens with two attached hydrogens (primary N) is 1. The monoisotopic (exact) mass is 363 g/mol. The number of nitrogens with zero attached hydrogens (tertiary/aromatic N) is 4. The quantitative estimate of drug-likeness (QED) is 0.520. The molecule has 0 radical (unpaired) electrons. The van der Waals surface area contributed by atoms with Crippen LogP contribution in [-0.4, -0.2) is 21.2 Å². The van der Waals surface area contributed by atoms with Gasteiger partial charge in [-0.1, -0.05) is 30.3 Å². The van der Waals surface area contributed by atoms with E-state index >= 15 is 0 Å². The number of aromatic nitrogens is 2. The molecule has 1 aliphatic heterocycles. The molecule has 1 aliphatic rings. The van der Waals surface area contributed by atoms with Crippen LogP contribution in [-0.2, 0) is 0 Å². The van der Waals surface area contributed by atoms with Crippen molar-refractivity contribution in [1.29, 1.82) is 5.26 Å². The van der Waals surface area contributed by atoms with E-state index in [4.69, 9.17) is 10.7 Å². The van der Waals surface area contributed by atoms with Crippen molar-refractivity contribution in [2.75, 3.05) is 0 Å². The minimum atomic E-state index is -0.540. The number of nitriles is 1. The van der Waals surface area contributed by atoms with Crippen LogP contribution in [0.3, 0.4) is 0 Å². The number of primary amides is 1. The van der Waals surface area contributed by atoms with E-state index in [1.165, 1.54) is 6.20 Å². The molecule has 0 aliphatic carbocycles. The molecule has 0 saturated carbocycles. The predicted molar refractivity (Wildman–Crippen MR) is 106 cm³/mol. The van der Waals surface area contributed by atoms with Gasteiger partial charge in [0.1, 0.15) is 0 Å². The Hall–Kier alpha value is -4.24. The van der Waals surface area contributed by atoms with Crippen molar-refractivity contribution in [2.45, 2.75) is 0 Å². The Labute approximate surface area is 160 Å². The zero-order chi connectivity index (χ0) is 19.3. The summed E-state index contributed by atoms with van der Waals surface area (Å²) in [5.74, 6) is -0.540. The first-order chi connectivity index (χ1) is 13.7. The largest absolute Gasteiger partial charge is 0.366 e. The fourth-order valence-electron chi connectivity index (χ4n) is 3.65. The van der Waals surface area contributed by atoms with Crippen LogP contribution in [0, 0.1) is 11.3 Å². The SMILES string of the molecule is N#Cc1cccc(C2=Nc3ccccc3-c3c(C(N)=O)cnn4ccc2c34)c1. The van der Waals surface area contributed by atoms with E-state index in [0.29, 0.717) is 22.4 Å². The van der Waals surface area contributed by atoms with Crippen molar-refractivity contribution in [3.05, 3.63) is 89.2 Å². The first kappa shape index (κ1) is 16.0. The Bertz CT molecular complexity index is 1360. The second-order valence-electron chi connectivity index (χ2n) is 6.49. The van der Waals surface area contributed by atoms with Gasteiger partial charge >= 0.3 is 0 Å². The molecule has 0 unspecified atom stereocenters. The third-order valence-corrected chi connectivity index (χ3v) is 4.88. The maximum Gasteiger partial charge on any atom is 0.251 e. The van der Waals surface area contributed by atoms with Crippen molar-refractivity contribution in [3.8, 4) is 17.2 Å². The number of aliphatic imine (C=N–C) groups is 1. The van der Waals surface area contributed by atoms with Crippen molar-refractivity contribution < 1.29 is 4.79 Å². The van der Waals surface area contributed by atoms with Crippen LogP contribution < -0.4 is 5.73 Å². The number of hydrogen-bond donors (Lipinski definition) is 1. The van der Waals surface area contributed by atoms with Crippen LogP contribution in [0.5, 0.6) is 0 Å². The number of para-hydroxylation sites is 1. The number of benzene rings is 2. The summed E-state index contributed by atoms with van der Waals surface area (Å²) in [7, 11) is 0. The molecule has 2 aromatic carbocycles. The molecule has 2 N–H and O–H groups in total. The van der Waals surface area contributed by atoms with Gasteiger partial charge in [0.05, 0.1) is 40.3 Å². The molecular formula is C22H13N5O. The van der Waals surface area contributed by atoms with Gasteiger partial charge in [0.25, 0.3) is 5.91 Å². The molecule has 6 nitrogen and oxygen atoms in total. The van der Waals surface area contributed by atoms with Gasteiger partial charge in [-0.2, -0.15) is 10.4 Å². The van der Waals surface area contributed by atoms with Crippen LogP contribution in [0.2, 0.25) is 0 Å². The molecule has 132 valence electrons. The van der Waals surface area contributed by atoms with E-state index in [1.807, 2.05) is 48.7 Å². The van der Waals surface area contributed by atoms with E-state index in [9.17, 15) is 10.1 Å². The average molecular weight is 363 g/mol. The summed E-state index contributed by atoms with van der Waals surface area (Å²) < 4.78 is 1.73. The molecule has 0 bridgehead atoms. The van der Waals surface area contributed by atoms with E-state index in [0.717, 1.165) is 27.9 Å². The van der Waals surface area contributed by atoms with E-state index in [-0.39, 0.29) is 0 Å². The smallest absolute Gasteiger partial charge is 0.251 e. The van der Waals surface area contributed by atoms with Gasteiger partial charge < -0.3 is 5.73 Å². The molecule has 2 aromatic heterocycles. The van der Waals surface area contributed by atoms with Crippen LogP contribution in [0.15, 0.2) is 72.0 Å². The number of fused-ring (bicyclic) bond motifs is 2. The molecule has 5 rings (SSSR count). The summed E-state index contributed by atoms with van der Waals surface area (Å²) >= 11 is 0. The lowest BCUT2D eigenvalue weighted by Crippen LogP contribution is -2.14. The Morgan fingerprint density at radius 3 is 2.75 bits per heavy atom. The van der Waals surface area contributed by atoms with Crippen molar-refractivity contribution in [3.63, 3.8) is 0 Å². The Balaban J connectivity index is 1.94. The second kappa shape index (κ2) is 5.89. The van der Waals surface area contributed by atoms with Crippen LogP contribution >= 0.6 is 0 Å². The highest BCUT2D eigenvalue weighted by Gasteiger charge is 2.25. The van der Waals surface area contributed by atoms with Crippen molar-refractivity contribution >= 4 is 22.8 Å². The highest BCUT2D eigenvalue weighted by Crippen LogP contribution is 2.40. The lowest BCUT2D eigenvalue weighted by Gasteiger charge is -2.10. The molecule has 4 aromatic rings. The van der Waals surface area contributed by atoms with E-state index < -0.39 is 5.91 Å². The fraction of sp³-hybridized carbons (Fsp3) is 0. The lowest BCUT2D eigenvalue weighted by atomic mass is 9.96. The third-order valence-electron chi connectivity index (χ3n) is 4.88. The first-order valence-electron chi connectivity index (χ1n) is 8.66. The summed E-state index contributed by atoms with van der Waals surface area (Å²) in [6, 6.07) is 19.0. The third kappa shape index (κ3) is 2.24. The number of carbonyl (C=O) groups excluding carboxylic acids is 1. The first-order valence-corrected chi connectivity index (χ1v) is 8.66. The van der Waals surface area contributed by atoms with Crippen molar-refractivity contribution in [2.24, 2.45) is 10.7 Å². The van der Waals surface area contributed by atoms with E-state index in [1.54, 1.807) is 16.6 Å².